The number of carbonyl (C=O) groups excluding carboxylic acids is 1. The molecule has 0 radical (unpaired) electrons. The Hall–Kier alpha value is -1.64. The fourth-order valence-electron chi connectivity index (χ4n) is 1.87. The predicted molar refractivity (Wildman–Crippen MR) is 74.0 cm³/mol. The summed E-state index contributed by atoms with van der Waals surface area (Å²) in [4.78, 5) is 13.6. The van der Waals surface area contributed by atoms with E-state index in [-0.39, 0.29) is 10.9 Å². The van der Waals surface area contributed by atoms with Gasteiger partial charge in [0.05, 0.1) is 18.1 Å². The summed E-state index contributed by atoms with van der Waals surface area (Å²) in [5.41, 5.74) is 1.20. The van der Waals surface area contributed by atoms with Crippen molar-refractivity contribution < 1.29 is 17.9 Å². The molecular formula is C12H17N3O4S. The highest BCUT2D eigenvalue weighted by Crippen LogP contribution is 2.20. The molecule has 1 aliphatic heterocycles. The third-order valence-electron chi connectivity index (χ3n) is 3.08. The van der Waals surface area contributed by atoms with Crippen LogP contribution in [0.15, 0.2) is 23.1 Å². The quantitative estimate of drug-likeness (QED) is 0.830. The number of sulfonamides is 1. The number of nitrogens with two attached hydrogens (primary N) is 1. The van der Waals surface area contributed by atoms with E-state index in [1.807, 2.05) is 0 Å². The fourth-order valence-corrected chi connectivity index (χ4v) is 2.41. The highest BCUT2D eigenvalue weighted by atomic mass is 32.2. The van der Waals surface area contributed by atoms with E-state index in [0.717, 1.165) is 5.56 Å². The number of nitrogens with zero attached hydrogens (tertiary/aromatic N) is 1. The number of amides is 2. The summed E-state index contributed by atoms with van der Waals surface area (Å²) in [7, 11) is -3.79. The van der Waals surface area contributed by atoms with Crippen LogP contribution < -0.4 is 10.5 Å². The van der Waals surface area contributed by atoms with Crippen LogP contribution in [0, 0.1) is 6.92 Å². The van der Waals surface area contributed by atoms with E-state index in [1.54, 1.807) is 17.9 Å². The number of hydrogen-bond acceptors (Lipinski definition) is 4. The smallest absolute Gasteiger partial charge is 0.322 e. The van der Waals surface area contributed by atoms with E-state index in [4.69, 9.17) is 9.88 Å². The molecule has 0 aliphatic carbocycles. The summed E-state index contributed by atoms with van der Waals surface area (Å²) in [6.45, 7) is 3.81. The van der Waals surface area contributed by atoms with Gasteiger partial charge in [0.25, 0.3) is 0 Å². The van der Waals surface area contributed by atoms with Gasteiger partial charge in [0, 0.05) is 18.8 Å². The summed E-state index contributed by atoms with van der Waals surface area (Å²) in [5.74, 6) is 0. The number of aryl methyl sites for hydroxylation is 1. The topological polar surface area (TPSA) is 102 Å². The van der Waals surface area contributed by atoms with Crippen molar-refractivity contribution in [1.82, 2.24) is 4.90 Å². The summed E-state index contributed by atoms with van der Waals surface area (Å²) in [6.07, 6.45) is 0. The average molecular weight is 299 g/mol. The first-order chi connectivity index (χ1) is 9.38. The maximum absolute atomic E-state index is 12.1. The Morgan fingerprint density at radius 2 is 2.00 bits per heavy atom. The normalized spacial score (nSPS) is 16.0. The Bertz CT molecular complexity index is 609. The van der Waals surface area contributed by atoms with Gasteiger partial charge in [-0.15, -0.1) is 0 Å². The van der Waals surface area contributed by atoms with Crippen molar-refractivity contribution in [3.8, 4) is 0 Å². The van der Waals surface area contributed by atoms with Gasteiger partial charge in [-0.1, -0.05) is 6.07 Å². The van der Waals surface area contributed by atoms with Gasteiger partial charge in [-0.25, -0.2) is 18.4 Å². The molecule has 1 heterocycles. The van der Waals surface area contributed by atoms with Crippen molar-refractivity contribution in [1.29, 1.82) is 0 Å². The molecule has 0 saturated carbocycles. The minimum Gasteiger partial charge on any atom is -0.378 e. The number of primary sulfonamides is 1. The molecule has 0 atom stereocenters. The maximum Gasteiger partial charge on any atom is 0.322 e. The molecule has 8 heteroatoms. The summed E-state index contributed by atoms with van der Waals surface area (Å²) < 4.78 is 27.8. The number of rotatable bonds is 2. The molecule has 1 aliphatic rings. The predicted octanol–water partition coefficient (Wildman–Crippen LogP) is 0.507. The minimum absolute atomic E-state index is 0.0274. The molecule has 1 aromatic rings. The Labute approximate surface area is 117 Å². The van der Waals surface area contributed by atoms with Crippen LogP contribution >= 0.6 is 0 Å². The van der Waals surface area contributed by atoms with Gasteiger partial charge in [-0.3, -0.25) is 0 Å². The monoisotopic (exact) mass is 299 g/mol. The van der Waals surface area contributed by atoms with E-state index in [9.17, 15) is 13.2 Å². The molecule has 110 valence electrons. The molecule has 7 nitrogen and oxygen atoms in total. The number of ether oxygens (including phenoxy) is 1. The molecule has 0 unspecified atom stereocenters. The molecule has 3 N–H and O–H groups in total. The Kier molecular flexibility index (Phi) is 4.26. The molecule has 1 fully saturated rings. The molecule has 0 bridgehead atoms. The van der Waals surface area contributed by atoms with Crippen LogP contribution in [0.1, 0.15) is 5.56 Å². The lowest BCUT2D eigenvalue weighted by atomic mass is 10.2. The van der Waals surface area contributed by atoms with Gasteiger partial charge in [-0.2, -0.15) is 0 Å². The molecule has 2 rings (SSSR count). The van der Waals surface area contributed by atoms with Crippen LogP contribution in [-0.4, -0.2) is 45.7 Å². The maximum atomic E-state index is 12.1. The highest BCUT2D eigenvalue weighted by Gasteiger charge is 2.18. The average Bonchev–Trinajstić information content (AvgIpc) is 2.41. The van der Waals surface area contributed by atoms with Crippen molar-refractivity contribution in [2.45, 2.75) is 11.8 Å². The third kappa shape index (κ3) is 3.47. The minimum atomic E-state index is -3.79. The summed E-state index contributed by atoms with van der Waals surface area (Å²) in [5, 5.41) is 7.79. The number of anilines is 1. The largest absolute Gasteiger partial charge is 0.378 e. The molecule has 0 aromatic heterocycles. The number of urea groups is 1. The third-order valence-corrected chi connectivity index (χ3v) is 3.99. The highest BCUT2D eigenvalue weighted by molar-refractivity contribution is 7.89. The Balaban J connectivity index is 2.18. The van der Waals surface area contributed by atoms with Crippen LogP contribution in [0.3, 0.4) is 0 Å². The summed E-state index contributed by atoms with van der Waals surface area (Å²) in [6, 6.07) is 4.11. The molecular weight excluding hydrogens is 282 g/mol. The number of hydrogen-bond donors (Lipinski definition) is 2. The van der Waals surface area contributed by atoms with Crippen LogP contribution in [0.4, 0.5) is 10.5 Å². The van der Waals surface area contributed by atoms with Gasteiger partial charge < -0.3 is 15.0 Å². The Morgan fingerprint density at radius 1 is 1.35 bits per heavy atom. The second-order valence-electron chi connectivity index (χ2n) is 4.55. The van der Waals surface area contributed by atoms with Crippen molar-refractivity contribution in [3.63, 3.8) is 0 Å². The van der Waals surface area contributed by atoms with Crippen molar-refractivity contribution in [3.05, 3.63) is 23.8 Å². The van der Waals surface area contributed by atoms with E-state index >= 15 is 0 Å². The molecule has 2 amide bonds. The van der Waals surface area contributed by atoms with Gasteiger partial charge in [-0.05, 0) is 24.6 Å². The molecule has 1 saturated heterocycles. The zero-order valence-corrected chi connectivity index (χ0v) is 11.9. The van der Waals surface area contributed by atoms with Crippen molar-refractivity contribution >= 4 is 21.7 Å². The van der Waals surface area contributed by atoms with E-state index in [0.29, 0.717) is 32.0 Å². The standard InChI is InChI=1S/C12H17N3O4S/c1-9-2-3-10(20(13,17)18)8-11(9)14-12(16)15-4-6-19-7-5-15/h2-3,8H,4-7H2,1H3,(H,14,16)(H2,13,17,18). The molecule has 20 heavy (non-hydrogen) atoms. The SMILES string of the molecule is Cc1ccc(S(N)(=O)=O)cc1NC(=O)N1CCOCC1. The van der Waals surface area contributed by atoms with Crippen LogP contribution in [0.5, 0.6) is 0 Å². The summed E-state index contributed by atoms with van der Waals surface area (Å²) >= 11 is 0. The van der Waals surface area contributed by atoms with E-state index < -0.39 is 10.0 Å². The van der Waals surface area contributed by atoms with Gasteiger partial charge in [0.15, 0.2) is 0 Å². The number of carbonyl (C=O) groups is 1. The fraction of sp³-hybridized carbons (Fsp3) is 0.417. The van der Waals surface area contributed by atoms with Gasteiger partial charge >= 0.3 is 6.03 Å². The molecule has 0 spiro atoms. The van der Waals surface area contributed by atoms with E-state index in [1.165, 1.54) is 12.1 Å². The zero-order chi connectivity index (χ0) is 14.8. The van der Waals surface area contributed by atoms with Crippen LogP contribution in [-0.2, 0) is 14.8 Å². The van der Waals surface area contributed by atoms with Gasteiger partial charge in [0.1, 0.15) is 0 Å². The van der Waals surface area contributed by atoms with Crippen LogP contribution in [0.25, 0.3) is 0 Å². The first kappa shape index (κ1) is 14.8. The van der Waals surface area contributed by atoms with Crippen molar-refractivity contribution in [2.24, 2.45) is 5.14 Å². The second kappa shape index (κ2) is 5.78. The van der Waals surface area contributed by atoms with Crippen molar-refractivity contribution in [2.75, 3.05) is 31.6 Å². The number of benzene rings is 1. The first-order valence-corrected chi connectivity index (χ1v) is 7.70. The lowest BCUT2D eigenvalue weighted by Crippen LogP contribution is -2.43. The zero-order valence-electron chi connectivity index (χ0n) is 11.1. The first-order valence-electron chi connectivity index (χ1n) is 6.15. The van der Waals surface area contributed by atoms with Gasteiger partial charge in [0.2, 0.25) is 10.0 Å². The molecule has 1 aromatic carbocycles. The lowest BCUT2D eigenvalue weighted by Gasteiger charge is -2.27. The lowest BCUT2D eigenvalue weighted by molar-refractivity contribution is 0.0564. The second-order valence-corrected chi connectivity index (χ2v) is 6.11. The Morgan fingerprint density at radius 3 is 2.60 bits per heavy atom. The number of morpholine rings is 1. The van der Waals surface area contributed by atoms with E-state index in [2.05, 4.69) is 5.32 Å². The van der Waals surface area contributed by atoms with Crippen LogP contribution in [0.2, 0.25) is 0 Å². The number of nitrogens with one attached hydrogen (secondary N) is 1.